The van der Waals surface area contributed by atoms with E-state index in [1.807, 2.05) is 6.07 Å². The minimum absolute atomic E-state index is 0.231. The van der Waals surface area contributed by atoms with Crippen molar-refractivity contribution in [1.29, 1.82) is 0 Å². The molecule has 1 amide bonds. The number of hydrogen-bond acceptors (Lipinski definition) is 4. The lowest BCUT2D eigenvalue weighted by atomic mass is 10.1. The largest absolute Gasteiger partial charge is 0.467 e. The standard InChI is InChI=1S/C21H15Cl2N3O3/c22-15-8-17-19(18(23)9-15)25-12-26(21(17)28)11-13-3-1-4-14(7-13)20(27)24-10-16-5-2-6-29-16/h1-9,12H,10-11H2,(H,24,27). The molecule has 0 aliphatic rings. The molecule has 0 aliphatic heterocycles. The number of fused-ring (bicyclic) bond motifs is 1. The summed E-state index contributed by atoms with van der Waals surface area (Å²) in [5.41, 5.74) is 1.42. The van der Waals surface area contributed by atoms with Crippen molar-refractivity contribution in [1.82, 2.24) is 14.9 Å². The van der Waals surface area contributed by atoms with Gasteiger partial charge in [0.2, 0.25) is 0 Å². The number of amides is 1. The highest BCUT2D eigenvalue weighted by atomic mass is 35.5. The van der Waals surface area contributed by atoms with Gasteiger partial charge in [-0.1, -0.05) is 35.3 Å². The Morgan fingerprint density at radius 1 is 1.14 bits per heavy atom. The fourth-order valence-corrected chi connectivity index (χ4v) is 3.54. The van der Waals surface area contributed by atoms with E-state index in [0.717, 1.165) is 5.56 Å². The summed E-state index contributed by atoms with van der Waals surface area (Å²) in [5, 5.41) is 3.84. The van der Waals surface area contributed by atoms with E-state index in [4.69, 9.17) is 27.6 Å². The second-order valence-electron chi connectivity index (χ2n) is 6.42. The minimum Gasteiger partial charge on any atom is -0.467 e. The predicted octanol–water partition coefficient (Wildman–Crippen LogP) is 4.27. The summed E-state index contributed by atoms with van der Waals surface area (Å²) in [7, 11) is 0. The van der Waals surface area contributed by atoms with E-state index in [9.17, 15) is 9.59 Å². The summed E-state index contributed by atoms with van der Waals surface area (Å²) in [6.07, 6.45) is 2.99. The SMILES string of the molecule is O=C(NCc1ccco1)c1cccc(Cn2cnc3c(Cl)cc(Cl)cc3c2=O)c1. The van der Waals surface area contributed by atoms with Crippen LogP contribution < -0.4 is 10.9 Å². The van der Waals surface area contributed by atoms with Crippen molar-refractivity contribution in [3.8, 4) is 0 Å². The summed E-state index contributed by atoms with van der Waals surface area (Å²) >= 11 is 12.1. The molecule has 0 aliphatic carbocycles. The average Bonchev–Trinajstić information content (AvgIpc) is 3.22. The maximum Gasteiger partial charge on any atom is 0.261 e. The first-order chi connectivity index (χ1) is 14.0. The summed E-state index contributed by atoms with van der Waals surface area (Å²) in [5.74, 6) is 0.436. The highest BCUT2D eigenvalue weighted by Gasteiger charge is 2.11. The van der Waals surface area contributed by atoms with Gasteiger partial charge < -0.3 is 9.73 Å². The van der Waals surface area contributed by atoms with Crippen molar-refractivity contribution in [3.05, 3.63) is 98.4 Å². The van der Waals surface area contributed by atoms with E-state index in [1.165, 1.54) is 10.9 Å². The Morgan fingerprint density at radius 3 is 2.79 bits per heavy atom. The molecule has 1 N–H and O–H groups in total. The number of aromatic nitrogens is 2. The normalized spacial score (nSPS) is 11.0. The van der Waals surface area contributed by atoms with Gasteiger partial charge in [0, 0.05) is 10.6 Å². The summed E-state index contributed by atoms with van der Waals surface area (Å²) in [4.78, 5) is 29.5. The number of furan rings is 1. The lowest BCUT2D eigenvalue weighted by molar-refractivity contribution is 0.0948. The van der Waals surface area contributed by atoms with Crippen LogP contribution in [0.5, 0.6) is 0 Å². The average molecular weight is 428 g/mol. The van der Waals surface area contributed by atoms with Crippen molar-refractivity contribution in [3.63, 3.8) is 0 Å². The third kappa shape index (κ3) is 4.18. The topological polar surface area (TPSA) is 77.1 Å². The molecule has 0 fully saturated rings. The molecule has 0 unspecified atom stereocenters. The van der Waals surface area contributed by atoms with Crippen molar-refractivity contribution in [2.24, 2.45) is 0 Å². The second-order valence-corrected chi connectivity index (χ2v) is 7.27. The molecule has 0 bridgehead atoms. The monoisotopic (exact) mass is 427 g/mol. The third-order valence-electron chi connectivity index (χ3n) is 4.39. The molecule has 0 saturated carbocycles. The lowest BCUT2D eigenvalue weighted by Gasteiger charge is -2.09. The number of carbonyl (C=O) groups is 1. The Balaban J connectivity index is 1.57. The molecule has 2 heterocycles. The first-order valence-corrected chi connectivity index (χ1v) is 9.50. The number of nitrogens with zero attached hydrogens (tertiary/aromatic N) is 2. The minimum atomic E-state index is -0.257. The smallest absolute Gasteiger partial charge is 0.261 e. The van der Waals surface area contributed by atoms with E-state index in [1.54, 1.807) is 48.7 Å². The number of nitrogens with one attached hydrogen (secondary N) is 1. The quantitative estimate of drug-likeness (QED) is 0.515. The Kier molecular flexibility index (Phi) is 5.38. The number of halogens is 2. The predicted molar refractivity (Wildman–Crippen MR) is 111 cm³/mol. The Hall–Kier alpha value is -3.09. The van der Waals surface area contributed by atoms with E-state index in [0.29, 0.717) is 38.8 Å². The molecule has 4 aromatic rings. The van der Waals surface area contributed by atoms with Crippen LogP contribution in [-0.2, 0) is 13.1 Å². The molecular weight excluding hydrogens is 413 g/mol. The third-order valence-corrected chi connectivity index (χ3v) is 4.90. The zero-order chi connectivity index (χ0) is 20.4. The molecule has 0 atom stereocenters. The van der Waals surface area contributed by atoms with E-state index in [2.05, 4.69) is 10.3 Å². The van der Waals surface area contributed by atoms with Gasteiger partial charge in [-0.25, -0.2) is 4.98 Å². The molecule has 0 radical (unpaired) electrons. The summed E-state index contributed by atoms with van der Waals surface area (Å²) < 4.78 is 6.66. The van der Waals surface area contributed by atoms with Gasteiger partial charge in [0.05, 0.1) is 41.6 Å². The zero-order valence-electron chi connectivity index (χ0n) is 15.1. The van der Waals surface area contributed by atoms with Crippen LogP contribution in [0, 0.1) is 0 Å². The molecular formula is C21H15Cl2N3O3. The molecule has 8 heteroatoms. The molecule has 146 valence electrons. The molecule has 4 rings (SSSR count). The van der Waals surface area contributed by atoms with Gasteiger partial charge >= 0.3 is 0 Å². The number of carbonyl (C=O) groups excluding carboxylic acids is 1. The Labute approximate surface area is 175 Å². The van der Waals surface area contributed by atoms with Gasteiger partial charge in [-0.2, -0.15) is 0 Å². The first-order valence-electron chi connectivity index (χ1n) is 8.75. The van der Waals surface area contributed by atoms with Crippen LogP contribution in [-0.4, -0.2) is 15.5 Å². The Morgan fingerprint density at radius 2 is 2.00 bits per heavy atom. The molecule has 2 aromatic heterocycles. The molecule has 0 spiro atoms. The van der Waals surface area contributed by atoms with Crippen LogP contribution in [0.15, 0.2) is 70.3 Å². The lowest BCUT2D eigenvalue weighted by Crippen LogP contribution is -2.23. The van der Waals surface area contributed by atoms with Gasteiger partial charge in [0.25, 0.3) is 11.5 Å². The number of hydrogen-bond donors (Lipinski definition) is 1. The second kappa shape index (κ2) is 8.11. The van der Waals surface area contributed by atoms with Crippen LogP contribution in [0.4, 0.5) is 0 Å². The van der Waals surface area contributed by atoms with Crippen LogP contribution >= 0.6 is 23.2 Å². The van der Waals surface area contributed by atoms with Crippen molar-refractivity contribution in [2.45, 2.75) is 13.1 Å². The summed E-state index contributed by atoms with van der Waals surface area (Å²) in [6.45, 7) is 0.552. The van der Waals surface area contributed by atoms with Crippen LogP contribution in [0.2, 0.25) is 10.0 Å². The van der Waals surface area contributed by atoms with Crippen LogP contribution in [0.1, 0.15) is 21.7 Å². The fourth-order valence-electron chi connectivity index (χ4n) is 3.00. The van der Waals surface area contributed by atoms with Gasteiger partial charge in [0.1, 0.15) is 5.76 Å². The van der Waals surface area contributed by atoms with Crippen LogP contribution in [0.25, 0.3) is 10.9 Å². The molecule has 29 heavy (non-hydrogen) atoms. The molecule has 0 saturated heterocycles. The maximum absolute atomic E-state index is 12.8. The van der Waals surface area contributed by atoms with Crippen molar-refractivity contribution in [2.75, 3.05) is 0 Å². The van der Waals surface area contributed by atoms with Crippen LogP contribution in [0.3, 0.4) is 0 Å². The molecule has 2 aromatic carbocycles. The fraction of sp³-hybridized carbons (Fsp3) is 0.0952. The zero-order valence-corrected chi connectivity index (χ0v) is 16.6. The highest BCUT2D eigenvalue weighted by Crippen LogP contribution is 2.24. The number of rotatable bonds is 5. The van der Waals surface area contributed by atoms with E-state index >= 15 is 0 Å². The molecule has 6 nitrogen and oxygen atoms in total. The highest BCUT2D eigenvalue weighted by molar-refractivity contribution is 6.38. The number of benzene rings is 2. The maximum atomic E-state index is 12.8. The van der Waals surface area contributed by atoms with Crippen molar-refractivity contribution >= 4 is 40.0 Å². The summed E-state index contributed by atoms with van der Waals surface area (Å²) in [6, 6.07) is 13.7. The Bertz CT molecular complexity index is 1250. The first kappa shape index (κ1) is 19.2. The van der Waals surface area contributed by atoms with Gasteiger partial charge in [-0.3, -0.25) is 14.2 Å². The van der Waals surface area contributed by atoms with E-state index in [-0.39, 0.29) is 18.0 Å². The van der Waals surface area contributed by atoms with E-state index < -0.39 is 0 Å². The van der Waals surface area contributed by atoms with Crippen molar-refractivity contribution < 1.29 is 9.21 Å². The van der Waals surface area contributed by atoms with Gasteiger partial charge in [0.15, 0.2) is 0 Å². The van der Waals surface area contributed by atoms with Gasteiger partial charge in [-0.05, 0) is 42.0 Å². The van der Waals surface area contributed by atoms with Gasteiger partial charge in [-0.15, -0.1) is 0 Å².